The van der Waals surface area contributed by atoms with Gasteiger partial charge in [0.25, 0.3) is 7.82 Å². The molecule has 0 aromatic heterocycles. The Balaban J connectivity index is 0. The normalized spacial score (nSPS) is 13.0. The molecule has 0 saturated carbocycles. The van der Waals surface area contributed by atoms with Gasteiger partial charge >= 0.3 is 6.03 Å². The fourth-order valence-corrected chi connectivity index (χ4v) is 3.83. The van der Waals surface area contributed by atoms with Crippen LogP contribution in [0.3, 0.4) is 0 Å². The summed E-state index contributed by atoms with van der Waals surface area (Å²) in [6, 6.07) is -0.0845. The highest BCUT2D eigenvalue weighted by Crippen LogP contribution is 2.29. The summed E-state index contributed by atoms with van der Waals surface area (Å²) in [7, 11) is 2.82. The minimum atomic E-state index is -4.51. The van der Waals surface area contributed by atoms with Gasteiger partial charge in [0.15, 0.2) is 0 Å². The lowest BCUT2D eigenvalue weighted by molar-refractivity contribution is -0.870. The Hall–Kier alpha value is -0.700. The lowest BCUT2D eigenvalue weighted by Gasteiger charge is -2.25. The molecule has 0 aliphatic heterocycles. The molecule has 0 aliphatic carbocycles. The molecule has 1 unspecified atom stereocenters. The number of urea groups is 1. The van der Waals surface area contributed by atoms with E-state index in [1.807, 2.05) is 21.1 Å². The summed E-state index contributed by atoms with van der Waals surface area (Å²) < 4.78 is 14.8. The van der Waals surface area contributed by atoms with Crippen molar-refractivity contribution in [2.24, 2.45) is 0 Å². The zero-order valence-electron chi connectivity index (χ0n) is 23.3. The second-order valence-corrected chi connectivity index (χ2v) is 11.4. The molecule has 0 heterocycles. The third kappa shape index (κ3) is 31.3. The molecule has 0 aromatic rings. The molecular weight excluding hydrogens is 469 g/mol. The van der Waals surface area contributed by atoms with Crippen LogP contribution in [0.15, 0.2) is 0 Å². The zero-order chi connectivity index (χ0) is 27.0. The molecule has 1 atom stereocenters. The number of hydrogen-bond donors (Lipinski definition) is 3. The van der Waals surface area contributed by atoms with E-state index in [1.165, 1.54) is 83.5 Å². The first-order valence-electron chi connectivity index (χ1n) is 13.5. The van der Waals surface area contributed by atoms with Crippen molar-refractivity contribution in [1.29, 1.82) is 0 Å². The number of amides is 2. The summed E-state index contributed by atoms with van der Waals surface area (Å²) in [5, 5.41) is 11.6. The van der Waals surface area contributed by atoms with Gasteiger partial charge in [0.2, 0.25) is 0 Å². The maximum atomic E-state index is 11.6. The molecule has 3 N–H and O–H groups in total. The van der Waals surface area contributed by atoms with Gasteiger partial charge in [-0.25, -0.2) is 4.79 Å². The molecule has 10 heteroatoms. The molecule has 0 aliphatic rings. The van der Waals surface area contributed by atoms with Crippen LogP contribution in [0.2, 0.25) is 0 Å². The fourth-order valence-electron chi connectivity index (χ4n) is 3.52. The lowest BCUT2D eigenvalue weighted by atomic mass is 10.0. The highest BCUT2D eigenvalue weighted by atomic mass is 31.2. The first-order chi connectivity index (χ1) is 16.5. The van der Waals surface area contributed by atoms with Crippen molar-refractivity contribution in [2.45, 2.75) is 96.8 Å². The number of aliphatic hydroxyl groups excluding tert-OH is 1. The number of aliphatic hydroxyl groups is 1. The topological polar surface area (TPSA) is 122 Å². The lowest BCUT2D eigenvalue weighted by Crippen LogP contribution is -2.40. The number of unbranched alkanes of at least 4 members (excludes halogenated alkanes) is 13. The number of quaternary nitrogens is 1. The van der Waals surface area contributed by atoms with Gasteiger partial charge in [0, 0.05) is 20.1 Å². The van der Waals surface area contributed by atoms with E-state index in [2.05, 4.69) is 16.8 Å². The Kier molecular flexibility index (Phi) is 24.7. The molecule has 0 rings (SSSR count). The number of rotatable bonds is 21. The zero-order valence-corrected chi connectivity index (χ0v) is 24.2. The third-order valence-corrected chi connectivity index (χ3v) is 6.18. The Morgan fingerprint density at radius 1 is 0.886 bits per heavy atom. The summed E-state index contributed by atoms with van der Waals surface area (Å²) in [5.41, 5.74) is 0. The highest BCUT2D eigenvalue weighted by molar-refractivity contribution is 7.44. The van der Waals surface area contributed by atoms with E-state index in [0.717, 1.165) is 13.0 Å². The van der Waals surface area contributed by atoms with Gasteiger partial charge in [-0.05, 0) is 6.42 Å². The van der Waals surface area contributed by atoms with Gasteiger partial charge in [-0.3, -0.25) is 4.57 Å². The second-order valence-electron chi connectivity index (χ2n) is 10.2. The van der Waals surface area contributed by atoms with Crippen LogP contribution >= 0.6 is 7.82 Å². The van der Waals surface area contributed by atoms with Crippen molar-refractivity contribution < 1.29 is 33.3 Å². The number of phosphoric ester groups is 1. The summed E-state index contributed by atoms with van der Waals surface area (Å²) in [6.45, 7) is 4.03. The highest BCUT2D eigenvalue weighted by Gasteiger charge is 2.10. The molecule has 9 nitrogen and oxygen atoms in total. The molecule has 0 aromatic carbocycles. The number of phosphoric acid groups is 1. The average molecular weight is 526 g/mol. The second kappa shape index (κ2) is 23.7. The Bertz CT molecular complexity index is 526. The van der Waals surface area contributed by atoms with Crippen molar-refractivity contribution in [2.75, 3.05) is 61.0 Å². The van der Waals surface area contributed by atoms with Crippen LogP contribution < -0.4 is 10.2 Å². The Labute approximate surface area is 215 Å². The van der Waals surface area contributed by atoms with Gasteiger partial charge in [0.1, 0.15) is 13.2 Å². The van der Waals surface area contributed by atoms with E-state index in [0.29, 0.717) is 17.6 Å². The first kappa shape index (κ1) is 36.5. The molecule has 0 radical (unpaired) electrons. The van der Waals surface area contributed by atoms with Crippen LogP contribution in [0.25, 0.3) is 0 Å². The average Bonchev–Trinajstić information content (AvgIpc) is 2.76. The van der Waals surface area contributed by atoms with Crippen molar-refractivity contribution in [3.8, 4) is 0 Å². The van der Waals surface area contributed by atoms with Crippen molar-refractivity contribution >= 4 is 13.9 Å². The molecule has 2 amide bonds. The van der Waals surface area contributed by atoms with E-state index < -0.39 is 7.82 Å². The summed E-state index contributed by atoms with van der Waals surface area (Å²) in [4.78, 5) is 31.5. The fraction of sp³-hybridized carbons (Fsp3) is 0.960. The number of carbonyl (C=O) groups excluding carboxylic acids is 1. The third-order valence-electron chi connectivity index (χ3n) is 5.67. The van der Waals surface area contributed by atoms with Crippen LogP contribution in [0, 0.1) is 0 Å². The number of carbonyl (C=O) groups is 1. The molecule has 0 spiro atoms. The molecule has 0 saturated heterocycles. The van der Waals surface area contributed by atoms with Crippen molar-refractivity contribution in [3.05, 3.63) is 0 Å². The molecule has 0 fully saturated rings. The first-order valence-corrected chi connectivity index (χ1v) is 15.0. The van der Waals surface area contributed by atoms with Gasteiger partial charge in [-0.1, -0.05) is 90.4 Å². The molecule has 0 bridgehead atoms. The van der Waals surface area contributed by atoms with E-state index in [9.17, 15) is 14.3 Å². The maximum absolute atomic E-state index is 11.6. The van der Waals surface area contributed by atoms with E-state index in [-0.39, 0.29) is 19.2 Å². The quantitative estimate of drug-likeness (QED) is 0.117. The van der Waals surface area contributed by atoms with Gasteiger partial charge in [0.05, 0.1) is 27.7 Å². The van der Waals surface area contributed by atoms with Crippen molar-refractivity contribution in [1.82, 2.24) is 10.2 Å². The molecular formula is C25H56N3O6P. The molecule has 212 valence electrons. The van der Waals surface area contributed by atoms with Crippen LogP contribution in [-0.2, 0) is 9.09 Å². The standard InChI is InChI=1S/C20H42N2O2.C5H14NO4P/c1-3-4-5-6-7-8-9-10-11-12-13-14-15-16-17-22(18-19-23)20(24)21-2;1-6(2,3)4-5-10-11(7,8)9/h23H,3-19H2,1-2H3,(H,21,24);4-5H2,1-3H3,(H-,7,8,9). The van der Waals surface area contributed by atoms with E-state index >= 15 is 0 Å². The summed E-state index contributed by atoms with van der Waals surface area (Å²) in [6.07, 6.45) is 18.8. The van der Waals surface area contributed by atoms with Crippen LogP contribution in [-0.4, -0.2) is 86.5 Å². The van der Waals surface area contributed by atoms with Crippen LogP contribution in [0.1, 0.15) is 96.8 Å². The number of likely N-dealkylation sites (N-methyl/N-ethyl adjacent to an activating group) is 1. The minimum absolute atomic E-state index is 0.0147. The van der Waals surface area contributed by atoms with Crippen molar-refractivity contribution in [3.63, 3.8) is 0 Å². The summed E-state index contributed by atoms with van der Waals surface area (Å²) >= 11 is 0. The molecule has 35 heavy (non-hydrogen) atoms. The van der Waals surface area contributed by atoms with E-state index in [4.69, 9.17) is 10.00 Å². The van der Waals surface area contributed by atoms with Gasteiger partial charge < -0.3 is 34.1 Å². The predicted molar refractivity (Wildman–Crippen MR) is 142 cm³/mol. The maximum Gasteiger partial charge on any atom is 0.317 e. The Morgan fingerprint density at radius 3 is 1.66 bits per heavy atom. The number of hydrogen-bond acceptors (Lipinski definition) is 5. The van der Waals surface area contributed by atoms with Crippen LogP contribution in [0.5, 0.6) is 0 Å². The van der Waals surface area contributed by atoms with Gasteiger partial charge in [-0.15, -0.1) is 0 Å². The van der Waals surface area contributed by atoms with Crippen LogP contribution in [0.4, 0.5) is 4.79 Å². The minimum Gasteiger partial charge on any atom is -0.756 e. The largest absolute Gasteiger partial charge is 0.756 e. The number of nitrogens with one attached hydrogen (secondary N) is 1. The monoisotopic (exact) mass is 525 g/mol. The summed E-state index contributed by atoms with van der Waals surface area (Å²) in [5.74, 6) is 0. The Morgan fingerprint density at radius 2 is 1.31 bits per heavy atom. The predicted octanol–water partition coefficient (Wildman–Crippen LogP) is 4.27. The van der Waals surface area contributed by atoms with Gasteiger partial charge in [-0.2, -0.15) is 0 Å². The van der Waals surface area contributed by atoms with E-state index in [1.54, 1.807) is 11.9 Å². The smallest absolute Gasteiger partial charge is 0.317 e. The number of nitrogens with zero attached hydrogens (tertiary/aromatic N) is 2. The SMILES string of the molecule is CCCCCCCCCCCCCCCCN(CCO)C(=O)NC.C[N+](C)(C)CCOP(=O)([O-])O.